The topological polar surface area (TPSA) is 106 Å². The summed E-state index contributed by atoms with van der Waals surface area (Å²) in [5.74, 6) is 0.677. The van der Waals surface area contributed by atoms with Crippen LogP contribution < -0.4 is 15.9 Å². The van der Waals surface area contributed by atoms with E-state index < -0.39 is 5.54 Å². The van der Waals surface area contributed by atoms with Gasteiger partial charge in [-0.3, -0.25) is 4.79 Å². The number of hydrogen-bond donors (Lipinski definition) is 3. The van der Waals surface area contributed by atoms with Crippen molar-refractivity contribution < 1.29 is 19.4 Å². The molecule has 4 N–H and O–H groups in total. The maximum atomic E-state index is 12.9. The smallest absolute Gasteiger partial charge is 0.200 e. The number of fused-ring (bicyclic) bond motifs is 2. The second kappa shape index (κ2) is 8.08. The first kappa shape index (κ1) is 19.4. The molecule has 6 heteroatoms. The van der Waals surface area contributed by atoms with Crippen molar-refractivity contribution in [2.75, 3.05) is 19.8 Å². The monoisotopic (exact) mass is 371 g/mol. The van der Waals surface area contributed by atoms with E-state index in [0.717, 1.165) is 12.0 Å². The lowest BCUT2D eigenvalue weighted by atomic mass is 9.93. The lowest BCUT2D eigenvalue weighted by Gasteiger charge is -2.24. The van der Waals surface area contributed by atoms with Gasteiger partial charge in [0.2, 0.25) is 5.43 Å². The predicted octanol–water partition coefficient (Wildman–Crippen LogP) is 2.35. The summed E-state index contributed by atoms with van der Waals surface area (Å²) in [6, 6.07) is 10.7. The fourth-order valence-electron chi connectivity index (χ4n) is 2.95. The third-order valence-corrected chi connectivity index (χ3v) is 4.72. The number of hydrogen-bond acceptors (Lipinski definition) is 6. The van der Waals surface area contributed by atoms with Gasteiger partial charge in [-0.1, -0.05) is 13.0 Å². The molecule has 0 unspecified atom stereocenters. The highest BCUT2D eigenvalue weighted by Gasteiger charge is 2.22. The molecule has 0 aliphatic heterocycles. The first-order valence-corrected chi connectivity index (χ1v) is 9.12. The third-order valence-electron chi connectivity index (χ3n) is 4.72. The van der Waals surface area contributed by atoms with Crippen molar-refractivity contribution >= 4 is 21.9 Å². The van der Waals surface area contributed by atoms with Gasteiger partial charge in [0, 0.05) is 6.07 Å². The maximum Gasteiger partial charge on any atom is 0.200 e. The quantitative estimate of drug-likeness (QED) is 0.525. The summed E-state index contributed by atoms with van der Waals surface area (Å²) >= 11 is 0. The normalized spacial score (nSPS) is 12.0. The van der Waals surface area contributed by atoms with E-state index in [0.29, 0.717) is 47.1 Å². The van der Waals surface area contributed by atoms with E-state index >= 15 is 0 Å². The van der Waals surface area contributed by atoms with Gasteiger partial charge in [-0.15, -0.1) is 0 Å². The third kappa shape index (κ3) is 4.13. The Bertz CT molecular complexity index is 991. The fraction of sp³-hybridized carbons (Fsp3) is 0.381. The average molecular weight is 371 g/mol. The number of aryl methyl sites for hydroxylation is 1. The molecule has 144 valence electrons. The Balaban J connectivity index is 1.95. The molecule has 0 aliphatic carbocycles. The van der Waals surface area contributed by atoms with E-state index in [-0.39, 0.29) is 18.6 Å². The molecule has 0 aliphatic rings. The van der Waals surface area contributed by atoms with E-state index in [1.165, 1.54) is 0 Å². The highest BCUT2D eigenvalue weighted by atomic mass is 16.5. The van der Waals surface area contributed by atoms with E-state index in [1.807, 2.05) is 13.0 Å². The Morgan fingerprint density at radius 2 is 1.85 bits per heavy atom. The van der Waals surface area contributed by atoms with Crippen LogP contribution >= 0.6 is 0 Å². The average Bonchev–Trinajstić information content (AvgIpc) is 2.70. The molecule has 0 radical (unpaired) electrons. The molecule has 1 aromatic heterocycles. The van der Waals surface area contributed by atoms with Gasteiger partial charge < -0.3 is 25.1 Å². The number of aliphatic hydroxyl groups is 2. The van der Waals surface area contributed by atoms with Crippen molar-refractivity contribution in [1.82, 2.24) is 0 Å². The minimum Gasteiger partial charge on any atom is -0.493 e. The van der Waals surface area contributed by atoms with Crippen LogP contribution in [-0.4, -0.2) is 35.6 Å². The van der Waals surface area contributed by atoms with Crippen LogP contribution in [0, 0.1) is 0 Å². The van der Waals surface area contributed by atoms with Gasteiger partial charge in [-0.25, -0.2) is 0 Å². The summed E-state index contributed by atoms with van der Waals surface area (Å²) in [4.78, 5) is 12.9. The Kier molecular flexibility index (Phi) is 5.79. The Morgan fingerprint density at radius 3 is 2.56 bits per heavy atom. The molecule has 27 heavy (non-hydrogen) atoms. The fourth-order valence-corrected chi connectivity index (χ4v) is 2.95. The molecule has 0 saturated carbocycles. The SMILES string of the molecule is CCCOc1ccc2c(=O)c3cc(CCC(N)(CO)CO)ccc3oc2c1. The number of ether oxygens (including phenoxy) is 1. The molecule has 3 rings (SSSR count). The number of nitrogens with two attached hydrogens (primary N) is 1. The lowest BCUT2D eigenvalue weighted by molar-refractivity contribution is 0.115. The number of rotatable bonds is 8. The second-order valence-corrected chi connectivity index (χ2v) is 6.95. The van der Waals surface area contributed by atoms with Crippen LogP contribution in [0.1, 0.15) is 25.3 Å². The second-order valence-electron chi connectivity index (χ2n) is 6.95. The van der Waals surface area contributed by atoms with Gasteiger partial charge in [0.05, 0.1) is 36.1 Å². The number of aliphatic hydroxyl groups excluding tert-OH is 2. The summed E-state index contributed by atoms with van der Waals surface area (Å²) in [5, 5.41) is 19.6. The molecule has 3 aromatic rings. The van der Waals surface area contributed by atoms with Crippen LogP contribution in [0.25, 0.3) is 21.9 Å². The Hall–Kier alpha value is -2.41. The predicted molar refractivity (Wildman–Crippen MR) is 105 cm³/mol. The van der Waals surface area contributed by atoms with Gasteiger partial charge in [0.15, 0.2) is 0 Å². The zero-order valence-corrected chi connectivity index (χ0v) is 15.4. The van der Waals surface area contributed by atoms with Gasteiger partial charge in [-0.2, -0.15) is 0 Å². The highest BCUT2D eigenvalue weighted by Crippen LogP contribution is 2.24. The molecule has 0 saturated heterocycles. The summed E-state index contributed by atoms with van der Waals surface area (Å²) < 4.78 is 11.5. The largest absolute Gasteiger partial charge is 0.493 e. The minimum atomic E-state index is -1.03. The van der Waals surface area contributed by atoms with Gasteiger partial charge >= 0.3 is 0 Å². The van der Waals surface area contributed by atoms with Gasteiger partial charge in [-0.05, 0) is 49.1 Å². The standard InChI is InChI=1S/C21H25NO5/c1-2-9-26-15-4-5-16-19(11-15)27-18-6-3-14(10-17(18)20(16)25)7-8-21(22,12-23)13-24/h3-6,10-11,23-24H,2,7-9,12-13,22H2,1H3. The van der Waals surface area contributed by atoms with E-state index in [4.69, 9.17) is 14.9 Å². The molecule has 0 spiro atoms. The van der Waals surface area contributed by atoms with Crippen LogP contribution in [-0.2, 0) is 6.42 Å². The molecule has 6 nitrogen and oxygen atoms in total. The van der Waals surface area contributed by atoms with Gasteiger partial charge in [0.1, 0.15) is 16.9 Å². The molecule has 1 heterocycles. The van der Waals surface area contributed by atoms with Crippen molar-refractivity contribution in [3.63, 3.8) is 0 Å². The van der Waals surface area contributed by atoms with Gasteiger partial charge in [0.25, 0.3) is 0 Å². The summed E-state index contributed by atoms with van der Waals surface area (Å²) in [6.45, 7) is 2.04. The lowest BCUT2D eigenvalue weighted by Crippen LogP contribution is -2.47. The van der Waals surface area contributed by atoms with E-state index in [2.05, 4.69) is 0 Å². The summed E-state index contributed by atoms with van der Waals surface area (Å²) in [6.07, 6.45) is 1.84. The summed E-state index contributed by atoms with van der Waals surface area (Å²) in [5.41, 5.74) is 6.69. The zero-order chi connectivity index (χ0) is 19.4. The van der Waals surface area contributed by atoms with E-state index in [1.54, 1.807) is 30.3 Å². The Morgan fingerprint density at radius 1 is 1.07 bits per heavy atom. The molecule has 0 bridgehead atoms. The highest BCUT2D eigenvalue weighted by molar-refractivity contribution is 5.90. The van der Waals surface area contributed by atoms with Crippen LogP contribution in [0.4, 0.5) is 0 Å². The molecule has 0 fully saturated rings. The Labute approximate surface area is 157 Å². The van der Waals surface area contributed by atoms with Crippen LogP contribution in [0.2, 0.25) is 0 Å². The summed E-state index contributed by atoms with van der Waals surface area (Å²) in [7, 11) is 0. The number of benzene rings is 2. The van der Waals surface area contributed by atoms with Crippen molar-refractivity contribution in [2.45, 2.75) is 31.7 Å². The van der Waals surface area contributed by atoms with Crippen LogP contribution in [0.3, 0.4) is 0 Å². The van der Waals surface area contributed by atoms with E-state index in [9.17, 15) is 15.0 Å². The van der Waals surface area contributed by atoms with Crippen LogP contribution in [0.15, 0.2) is 45.6 Å². The van der Waals surface area contributed by atoms with Crippen molar-refractivity contribution in [3.05, 3.63) is 52.2 Å². The molecule has 2 aromatic carbocycles. The molecule has 0 amide bonds. The molecular weight excluding hydrogens is 346 g/mol. The maximum absolute atomic E-state index is 12.9. The van der Waals surface area contributed by atoms with Crippen molar-refractivity contribution in [3.8, 4) is 5.75 Å². The first-order valence-electron chi connectivity index (χ1n) is 9.12. The molecular formula is C21H25NO5. The minimum absolute atomic E-state index is 0.0986. The molecule has 0 atom stereocenters. The zero-order valence-electron chi connectivity index (χ0n) is 15.4. The first-order chi connectivity index (χ1) is 13.0. The van der Waals surface area contributed by atoms with Crippen LogP contribution in [0.5, 0.6) is 5.75 Å². The van der Waals surface area contributed by atoms with Crippen molar-refractivity contribution in [2.24, 2.45) is 5.73 Å². The van der Waals surface area contributed by atoms with Crippen molar-refractivity contribution in [1.29, 1.82) is 0 Å².